The first kappa shape index (κ1) is 8.33. The molecule has 0 spiro atoms. The van der Waals surface area contributed by atoms with E-state index < -0.39 is 0 Å². The summed E-state index contributed by atoms with van der Waals surface area (Å²) in [5.74, 6) is 2.68. The molecule has 0 aromatic heterocycles. The zero-order valence-corrected chi connectivity index (χ0v) is 7.02. The van der Waals surface area contributed by atoms with Crippen molar-refractivity contribution in [2.75, 3.05) is 0 Å². The van der Waals surface area contributed by atoms with Crippen LogP contribution in [0.2, 0.25) is 0 Å². The average Bonchev–Trinajstić information content (AvgIpc) is 2.38. The molecule has 11 heavy (non-hydrogen) atoms. The SMILES string of the molecule is C#CCC(=O)C1(C)CCCC1. The van der Waals surface area contributed by atoms with E-state index in [1.54, 1.807) is 0 Å². The van der Waals surface area contributed by atoms with Crippen LogP contribution in [0.15, 0.2) is 0 Å². The number of hydrogen-bond donors (Lipinski definition) is 0. The lowest BCUT2D eigenvalue weighted by Gasteiger charge is -2.19. The highest BCUT2D eigenvalue weighted by Crippen LogP contribution is 2.38. The first-order chi connectivity index (χ1) is 5.19. The van der Waals surface area contributed by atoms with E-state index in [1.807, 2.05) is 6.92 Å². The molecule has 0 atom stereocenters. The van der Waals surface area contributed by atoms with Gasteiger partial charge in [0.1, 0.15) is 0 Å². The van der Waals surface area contributed by atoms with Crippen molar-refractivity contribution in [3.8, 4) is 12.3 Å². The molecule has 0 bridgehead atoms. The second kappa shape index (κ2) is 3.09. The van der Waals surface area contributed by atoms with E-state index in [-0.39, 0.29) is 11.2 Å². The summed E-state index contributed by atoms with van der Waals surface area (Å²) in [5, 5.41) is 0. The van der Waals surface area contributed by atoms with Crippen LogP contribution < -0.4 is 0 Å². The molecule has 0 radical (unpaired) electrons. The predicted molar refractivity (Wildman–Crippen MR) is 45.0 cm³/mol. The minimum absolute atomic E-state index is 0.0770. The fraction of sp³-hybridized carbons (Fsp3) is 0.700. The summed E-state index contributed by atoms with van der Waals surface area (Å²) >= 11 is 0. The van der Waals surface area contributed by atoms with Gasteiger partial charge in [0.05, 0.1) is 6.42 Å². The summed E-state index contributed by atoms with van der Waals surface area (Å²) < 4.78 is 0. The number of terminal acetylenes is 1. The van der Waals surface area contributed by atoms with Crippen LogP contribution in [-0.4, -0.2) is 5.78 Å². The quantitative estimate of drug-likeness (QED) is 0.551. The number of hydrogen-bond acceptors (Lipinski definition) is 1. The maximum atomic E-state index is 11.4. The summed E-state index contributed by atoms with van der Waals surface area (Å²) in [7, 11) is 0. The molecular weight excluding hydrogens is 136 g/mol. The summed E-state index contributed by atoms with van der Waals surface area (Å²) in [4.78, 5) is 11.4. The van der Waals surface area contributed by atoms with Crippen LogP contribution in [0.5, 0.6) is 0 Å². The normalized spacial score (nSPS) is 21.1. The lowest BCUT2D eigenvalue weighted by molar-refractivity contribution is -0.126. The summed E-state index contributed by atoms with van der Waals surface area (Å²) in [6.45, 7) is 2.04. The van der Waals surface area contributed by atoms with E-state index in [4.69, 9.17) is 6.42 Å². The average molecular weight is 150 g/mol. The van der Waals surface area contributed by atoms with Crippen molar-refractivity contribution in [1.29, 1.82) is 0 Å². The van der Waals surface area contributed by atoms with Crippen LogP contribution in [-0.2, 0) is 4.79 Å². The van der Waals surface area contributed by atoms with E-state index >= 15 is 0 Å². The topological polar surface area (TPSA) is 17.1 Å². The molecule has 1 aliphatic rings. The third-order valence-corrected chi connectivity index (χ3v) is 2.64. The zero-order valence-electron chi connectivity index (χ0n) is 7.02. The van der Waals surface area contributed by atoms with Crippen molar-refractivity contribution in [2.45, 2.75) is 39.0 Å². The van der Waals surface area contributed by atoms with E-state index in [0.29, 0.717) is 6.42 Å². The van der Waals surface area contributed by atoms with Crippen LogP contribution in [0, 0.1) is 17.8 Å². The van der Waals surface area contributed by atoms with Gasteiger partial charge < -0.3 is 0 Å². The van der Waals surface area contributed by atoms with E-state index in [1.165, 1.54) is 12.8 Å². The van der Waals surface area contributed by atoms with Crippen molar-refractivity contribution < 1.29 is 4.79 Å². The molecule has 0 amide bonds. The molecule has 1 aliphatic carbocycles. The minimum Gasteiger partial charge on any atom is -0.298 e. The van der Waals surface area contributed by atoms with Gasteiger partial charge in [-0.1, -0.05) is 25.7 Å². The maximum Gasteiger partial charge on any atom is 0.150 e. The maximum absolute atomic E-state index is 11.4. The first-order valence-corrected chi connectivity index (χ1v) is 4.16. The van der Waals surface area contributed by atoms with E-state index in [0.717, 1.165) is 12.8 Å². The smallest absolute Gasteiger partial charge is 0.150 e. The molecule has 0 aromatic rings. The predicted octanol–water partition coefficient (Wildman–Crippen LogP) is 2.16. The van der Waals surface area contributed by atoms with Crippen molar-refractivity contribution >= 4 is 5.78 Å². The lowest BCUT2D eigenvalue weighted by Crippen LogP contribution is -2.23. The monoisotopic (exact) mass is 150 g/mol. The lowest BCUT2D eigenvalue weighted by atomic mass is 9.83. The highest BCUT2D eigenvalue weighted by Gasteiger charge is 2.34. The van der Waals surface area contributed by atoms with Gasteiger partial charge >= 0.3 is 0 Å². The van der Waals surface area contributed by atoms with Crippen LogP contribution >= 0.6 is 0 Å². The number of carbonyl (C=O) groups is 1. The Bertz CT molecular complexity index is 191. The molecule has 0 saturated heterocycles. The second-order valence-electron chi connectivity index (χ2n) is 3.57. The number of Topliss-reactive ketones (excluding diaryl/α,β-unsaturated/α-hetero) is 1. The molecule has 0 aliphatic heterocycles. The Morgan fingerprint density at radius 1 is 1.55 bits per heavy atom. The van der Waals surface area contributed by atoms with Crippen molar-refractivity contribution in [3.63, 3.8) is 0 Å². The molecule has 1 rings (SSSR count). The van der Waals surface area contributed by atoms with Crippen LogP contribution in [0.4, 0.5) is 0 Å². The number of ketones is 1. The third-order valence-electron chi connectivity index (χ3n) is 2.64. The van der Waals surface area contributed by atoms with Crippen molar-refractivity contribution in [2.24, 2.45) is 5.41 Å². The summed E-state index contributed by atoms with van der Waals surface area (Å²) in [5.41, 5.74) is -0.0770. The fourth-order valence-corrected chi connectivity index (χ4v) is 1.74. The summed E-state index contributed by atoms with van der Waals surface area (Å²) in [6.07, 6.45) is 9.85. The van der Waals surface area contributed by atoms with Gasteiger partial charge in [-0.15, -0.1) is 6.42 Å². The van der Waals surface area contributed by atoms with Gasteiger partial charge in [-0.3, -0.25) is 4.79 Å². The van der Waals surface area contributed by atoms with Gasteiger partial charge in [0.2, 0.25) is 0 Å². The van der Waals surface area contributed by atoms with E-state index in [2.05, 4.69) is 5.92 Å². The van der Waals surface area contributed by atoms with E-state index in [9.17, 15) is 4.79 Å². The Kier molecular flexibility index (Phi) is 2.34. The van der Waals surface area contributed by atoms with Gasteiger partial charge in [0.15, 0.2) is 5.78 Å². The minimum atomic E-state index is -0.0770. The Labute approximate surface area is 68.2 Å². The van der Waals surface area contributed by atoms with Crippen molar-refractivity contribution in [1.82, 2.24) is 0 Å². The Morgan fingerprint density at radius 2 is 2.09 bits per heavy atom. The molecule has 1 nitrogen and oxygen atoms in total. The Hall–Kier alpha value is -0.770. The third kappa shape index (κ3) is 1.63. The molecule has 1 fully saturated rings. The first-order valence-electron chi connectivity index (χ1n) is 4.16. The standard InChI is InChI=1S/C10H14O/c1-3-6-9(11)10(2)7-4-5-8-10/h1H,4-8H2,2H3. The van der Waals surface area contributed by atoms with Gasteiger partial charge in [0.25, 0.3) is 0 Å². The summed E-state index contributed by atoms with van der Waals surface area (Å²) in [6, 6.07) is 0. The Morgan fingerprint density at radius 3 is 2.55 bits per heavy atom. The number of carbonyl (C=O) groups excluding carboxylic acids is 1. The molecule has 0 N–H and O–H groups in total. The fourth-order valence-electron chi connectivity index (χ4n) is 1.74. The van der Waals surface area contributed by atoms with Gasteiger partial charge in [0, 0.05) is 5.41 Å². The molecule has 0 aromatic carbocycles. The molecule has 1 saturated carbocycles. The van der Waals surface area contributed by atoms with Crippen molar-refractivity contribution in [3.05, 3.63) is 0 Å². The molecule has 60 valence electrons. The molecule has 1 heteroatoms. The molecular formula is C10H14O. The zero-order chi connectivity index (χ0) is 8.32. The van der Waals surface area contributed by atoms with Crippen LogP contribution in [0.25, 0.3) is 0 Å². The number of rotatable bonds is 2. The highest BCUT2D eigenvalue weighted by atomic mass is 16.1. The van der Waals surface area contributed by atoms with Gasteiger partial charge in [-0.05, 0) is 12.8 Å². The molecule has 0 unspecified atom stereocenters. The Balaban J connectivity index is 2.58. The van der Waals surface area contributed by atoms with Crippen LogP contribution in [0.1, 0.15) is 39.0 Å². The van der Waals surface area contributed by atoms with Crippen LogP contribution in [0.3, 0.4) is 0 Å². The highest BCUT2D eigenvalue weighted by molar-refractivity contribution is 5.86. The largest absolute Gasteiger partial charge is 0.298 e. The second-order valence-corrected chi connectivity index (χ2v) is 3.57. The van der Waals surface area contributed by atoms with Gasteiger partial charge in [-0.2, -0.15) is 0 Å². The molecule has 0 heterocycles. The van der Waals surface area contributed by atoms with Gasteiger partial charge in [-0.25, -0.2) is 0 Å².